The Morgan fingerprint density at radius 1 is 1.17 bits per heavy atom. The first-order valence-electron chi connectivity index (χ1n) is 10.0. The summed E-state index contributed by atoms with van der Waals surface area (Å²) in [5, 5.41) is 4.20. The number of carbonyl (C=O) groups is 2. The highest BCUT2D eigenvalue weighted by molar-refractivity contribution is 6.27. The Kier molecular flexibility index (Phi) is 6.84. The highest BCUT2D eigenvalue weighted by atomic mass is 16.5. The van der Waals surface area contributed by atoms with Gasteiger partial charge in [0.2, 0.25) is 0 Å². The minimum absolute atomic E-state index is 0.236. The normalized spacial score (nSPS) is 14.9. The van der Waals surface area contributed by atoms with E-state index in [-0.39, 0.29) is 11.9 Å². The molecule has 2 heterocycles. The third-order valence-corrected chi connectivity index (χ3v) is 5.08. The highest BCUT2D eigenvalue weighted by Crippen LogP contribution is 2.23. The van der Waals surface area contributed by atoms with Crippen molar-refractivity contribution in [3.63, 3.8) is 0 Å². The van der Waals surface area contributed by atoms with E-state index in [1.54, 1.807) is 6.08 Å². The molecule has 0 bridgehead atoms. The Bertz CT molecular complexity index is 987. The Morgan fingerprint density at radius 3 is 2.60 bits per heavy atom. The van der Waals surface area contributed by atoms with E-state index in [9.17, 15) is 9.59 Å². The van der Waals surface area contributed by atoms with Gasteiger partial charge in [-0.1, -0.05) is 30.3 Å². The highest BCUT2D eigenvalue weighted by Gasteiger charge is 2.25. The van der Waals surface area contributed by atoms with Crippen molar-refractivity contribution in [3.8, 4) is 0 Å². The molecule has 0 radical (unpaired) electrons. The van der Waals surface area contributed by atoms with Gasteiger partial charge >= 0.3 is 5.97 Å². The fourth-order valence-corrected chi connectivity index (χ4v) is 3.38. The summed E-state index contributed by atoms with van der Waals surface area (Å²) in [6.45, 7) is 4.67. The number of hydrogen-bond acceptors (Lipinski definition) is 5. The molecule has 2 N–H and O–H groups in total. The lowest BCUT2D eigenvalue weighted by Gasteiger charge is -2.10. The summed E-state index contributed by atoms with van der Waals surface area (Å²) in [5.41, 5.74) is 7.68. The molecule has 0 spiro atoms. The number of hydrogen-bond donors (Lipinski definition) is 2. The second-order valence-corrected chi connectivity index (χ2v) is 7.65. The number of aromatic nitrogens is 1. The number of carbonyl (C=O) groups excluding carboxylic acids is 2. The van der Waals surface area contributed by atoms with Crippen LogP contribution in [-0.4, -0.2) is 54.7 Å². The van der Waals surface area contributed by atoms with Crippen LogP contribution in [0.2, 0.25) is 0 Å². The molecular formula is C23H28N4O3. The Morgan fingerprint density at radius 2 is 1.90 bits per heavy atom. The Hall–Kier alpha value is -3.19. The van der Waals surface area contributed by atoms with E-state index in [0.29, 0.717) is 42.1 Å². The lowest BCUT2D eigenvalue weighted by molar-refractivity contribution is -0.116. The van der Waals surface area contributed by atoms with Crippen LogP contribution in [0.15, 0.2) is 41.0 Å². The molecule has 0 saturated carbocycles. The van der Waals surface area contributed by atoms with Gasteiger partial charge in [-0.05, 0) is 58.0 Å². The van der Waals surface area contributed by atoms with E-state index in [1.165, 1.54) is 5.56 Å². The molecule has 7 nitrogen and oxygen atoms in total. The van der Waals surface area contributed by atoms with Crippen molar-refractivity contribution in [2.45, 2.75) is 26.7 Å². The van der Waals surface area contributed by atoms with Gasteiger partial charge in [-0.2, -0.15) is 5.10 Å². The maximum absolute atomic E-state index is 12.5. The number of amides is 1. The van der Waals surface area contributed by atoms with Gasteiger partial charge in [-0.25, -0.2) is 10.2 Å². The van der Waals surface area contributed by atoms with Crippen LogP contribution in [0.4, 0.5) is 0 Å². The summed E-state index contributed by atoms with van der Waals surface area (Å²) >= 11 is 0. The van der Waals surface area contributed by atoms with Gasteiger partial charge in [-0.15, -0.1) is 0 Å². The van der Waals surface area contributed by atoms with Gasteiger partial charge in [0.25, 0.3) is 5.91 Å². The van der Waals surface area contributed by atoms with Crippen LogP contribution in [0, 0.1) is 13.8 Å². The number of hydrazone groups is 1. The summed E-state index contributed by atoms with van der Waals surface area (Å²) in [5.74, 6) is -0.596. The van der Waals surface area contributed by atoms with Crippen LogP contribution in [0.3, 0.4) is 0 Å². The van der Waals surface area contributed by atoms with E-state index < -0.39 is 0 Å². The van der Waals surface area contributed by atoms with Crippen molar-refractivity contribution in [2.24, 2.45) is 5.10 Å². The molecule has 1 aliphatic heterocycles. The minimum Gasteiger partial charge on any atom is -0.461 e. The summed E-state index contributed by atoms with van der Waals surface area (Å²) in [7, 11) is 3.85. The van der Waals surface area contributed by atoms with Gasteiger partial charge in [0, 0.05) is 17.9 Å². The van der Waals surface area contributed by atoms with Crippen LogP contribution >= 0.6 is 0 Å². The predicted molar refractivity (Wildman–Crippen MR) is 117 cm³/mol. The molecular weight excluding hydrogens is 380 g/mol. The molecule has 7 heteroatoms. The number of ether oxygens (including phenoxy) is 1. The van der Waals surface area contributed by atoms with Crippen LogP contribution in [0.5, 0.6) is 0 Å². The third kappa shape index (κ3) is 5.04. The van der Waals surface area contributed by atoms with Gasteiger partial charge < -0.3 is 14.6 Å². The molecule has 0 saturated heterocycles. The molecule has 0 aliphatic carbocycles. The number of aryl methyl sites for hydroxylation is 2. The number of esters is 1. The molecule has 0 unspecified atom stereocenters. The van der Waals surface area contributed by atoms with Gasteiger partial charge in [0.1, 0.15) is 6.61 Å². The van der Waals surface area contributed by atoms with Crippen LogP contribution < -0.4 is 5.43 Å². The first-order valence-corrected chi connectivity index (χ1v) is 10.0. The van der Waals surface area contributed by atoms with Crippen molar-refractivity contribution in [3.05, 3.63) is 64.0 Å². The zero-order valence-electron chi connectivity index (χ0n) is 17.9. The van der Waals surface area contributed by atoms with E-state index in [2.05, 4.69) is 27.6 Å². The fourth-order valence-electron chi connectivity index (χ4n) is 3.38. The fraction of sp³-hybridized carbons (Fsp3) is 0.348. The van der Waals surface area contributed by atoms with Crippen molar-refractivity contribution < 1.29 is 14.3 Å². The van der Waals surface area contributed by atoms with Gasteiger partial charge in [0.15, 0.2) is 0 Å². The Labute approximate surface area is 176 Å². The number of aromatic amines is 1. The predicted octanol–water partition coefficient (Wildman–Crippen LogP) is 2.85. The zero-order valence-corrected chi connectivity index (χ0v) is 17.9. The summed E-state index contributed by atoms with van der Waals surface area (Å²) in [6.07, 6.45) is 3.20. The first-order chi connectivity index (χ1) is 14.4. The second-order valence-electron chi connectivity index (χ2n) is 7.65. The van der Waals surface area contributed by atoms with E-state index in [0.717, 1.165) is 17.7 Å². The largest absolute Gasteiger partial charge is 0.461 e. The number of rotatable bonds is 8. The molecule has 1 amide bonds. The van der Waals surface area contributed by atoms with Crippen LogP contribution in [-0.2, 0) is 16.0 Å². The van der Waals surface area contributed by atoms with Crippen molar-refractivity contribution in [2.75, 3.05) is 27.2 Å². The lowest BCUT2D eigenvalue weighted by atomic mass is 10.0. The summed E-state index contributed by atoms with van der Waals surface area (Å²) in [6, 6.07) is 10.1. The molecule has 158 valence electrons. The SMILES string of the molecule is Cc1[nH]c(C=C2C(=O)NN=C2CCc2ccccc2)c(C)c1C(=O)OCCN(C)C. The molecule has 0 fully saturated rings. The smallest absolute Gasteiger partial charge is 0.340 e. The maximum atomic E-state index is 12.5. The van der Waals surface area contributed by atoms with E-state index in [1.807, 2.05) is 51.0 Å². The first kappa shape index (κ1) is 21.5. The number of H-pyrrole nitrogens is 1. The summed E-state index contributed by atoms with van der Waals surface area (Å²) < 4.78 is 5.39. The zero-order chi connectivity index (χ0) is 21.7. The minimum atomic E-state index is -0.360. The van der Waals surface area contributed by atoms with Gasteiger partial charge in [-0.3, -0.25) is 4.79 Å². The van der Waals surface area contributed by atoms with Gasteiger partial charge in [0.05, 0.1) is 16.8 Å². The Balaban J connectivity index is 1.77. The average Bonchev–Trinajstić information content (AvgIpc) is 3.20. The number of likely N-dealkylation sites (N-methyl/N-ethyl adjacent to an activating group) is 1. The second kappa shape index (κ2) is 9.54. The number of nitrogens with one attached hydrogen (secondary N) is 2. The standard InChI is InChI=1S/C23H28N4O3/c1-15-20(24-16(2)21(15)23(29)30-13-12-27(3)4)14-18-19(25-26-22(18)28)11-10-17-8-6-5-7-9-17/h5-9,14,24H,10-13H2,1-4H3,(H,26,28). The molecule has 1 aromatic carbocycles. The average molecular weight is 409 g/mol. The van der Waals surface area contributed by atoms with Crippen molar-refractivity contribution in [1.29, 1.82) is 0 Å². The molecule has 0 atom stereocenters. The van der Waals surface area contributed by atoms with Crippen LogP contribution in [0.1, 0.15) is 39.3 Å². The maximum Gasteiger partial charge on any atom is 0.340 e. The molecule has 30 heavy (non-hydrogen) atoms. The lowest BCUT2D eigenvalue weighted by Crippen LogP contribution is -2.20. The summed E-state index contributed by atoms with van der Waals surface area (Å²) in [4.78, 5) is 30.0. The monoisotopic (exact) mass is 408 g/mol. The quantitative estimate of drug-likeness (QED) is 0.519. The third-order valence-electron chi connectivity index (χ3n) is 5.08. The van der Waals surface area contributed by atoms with E-state index in [4.69, 9.17) is 4.74 Å². The number of nitrogens with zero attached hydrogens (tertiary/aromatic N) is 2. The van der Waals surface area contributed by atoms with Crippen molar-refractivity contribution >= 4 is 23.7 Å². The molecule has 2 aromatic rings. The van der Waals surface area contributed by atoms with Crippen molar-refractivity contribution in [1.82, 2.24) is 15.3 Å². The topological polar surface area (TPSA) is 86.8 Å². The van der Waals surface area contributed by atoms with Crippen LogP contribution in [0.25, 0.3) is 6.08 Å². The molecule has 1 aromatic heterocycles. The number of benzene rings is 1. The molecule has 1 aliphatic rings. The van der Waals surface area contributed by atoms with E-state index >= 15 is 0 Å². The molecule has 3 rings (SSSR count).